The molecule has 0 saturated heterocycles. The number of rotatable bonds is 6. The Balaban J connectivity index is 1.73. The lowest BCUT2D eigenvalue weighted by molar-refractivity contribution is -0.116. The van der Waals surface area contributed by atoms with Gasteiger partial charge in [-0.1, -0.05) is 23.7 Å². The summed E-state index contributed by atoms with van der Waals surface area (Å²) < 4.78 is 20.4. The van der Waals surface area contributed by atoms with Gasteiger partial charge in [0.25, 0.3) is 5.56 Å². The Morgan fingerprint density at radius 2 is 1.82 bits per heavy atom. The molecule has 0 saturated carbocycles. The van der Waals surface area contributed by atoms with Crippen LogP contribution in [0.15, 0.2) is 64.4 Å². The van der Waals surface area contributed by atoms with Crippen LogP contribution in [0, 0.1) is 5.82 Å². The van der Waals surface area contributed by atoms with Gasteiger partial charge in [0.2, 0.25) is 5.91 Å². The summed E-state index contributed by atoms with van der Waals surface area (Å²) in [6, 6.07) is 10.4. The summed E-state index contributed by atoms with van der Waals surface area (Å²) in [5, 5.41) is 2.53. The predicted molar refractivity (Wildman–Crippen MR) is 120 cm³/mol. The minimum Gasteiger partial charge on any atom is -0.497 e. The second kappa shape index (κ2) is 9.21. The maximum atomic E-state index is 13.3. The van der Waals surface area contributed by atoms with E-state index in [1.54, 1.807) is 24.3 Å². The van der Waals surface area contributed by atoms with Gasteiger partial charge in [-0.15, -0.1) is 0 Å². The molecule has 11 heteroatoms. The molecule has 1 N–H and O–H groups in total. The number of carbonyl (C=O) groups excluding carboxylic acids is 1. The van der Waals surface area contributed by atoms with Crippen molar-refractivity contribution in [1.29, 1.82) is 0 Å². The summed E-state index contributed by atoms with van der Waals surface area (Å²) in [6.45, 7) is -0.510. The molecule has 2 aromatic heterocycles. The molecule has 0 aliphatic rings. The molecule has 33 heavy (non-hydrogen) atoms. The summed E-state index contributed by atoms with van der Waals surface area (Å²) in [5.41, 5.74) is -0.594. The van der Waals surface area contributed by atoms with Gasteiger partial charge >= 0.3 is 5.69 Å². The van der Waals surface area contributed by atoms with E-state index in [9.17, 15) is 18.8 Å². The van der Waals surface area contributed by atoms with Crippen LogP contribution in [0.4, 0.5) is 10.1 Å². The Morgan fingerprint density at radius 1 is 1.09 bits per heavy atom. The maximum Gasteiger partial charge on any atom is 0.333 e. The van der Waals surface area contributed by atoms with Crippen molar-refractivity contribution in [2.45, 2.75) is 13.1 Å². The van der Waals surface area contributed by atoms with E-state index in [2.05, 4.69) is 15.3 Å². The number of aromatic nitrogens is 4. The number of benzene rings is 2. The molecule has 1 amide bonds. The van der Waals surface area contributed by atoms with Gasteiger partial charge in [0, 0.05) is 12.4 Å². The minimum absolute atomic E-state index is 0.00447. The fourth-order valence-corrected chi connectivity index (χ4v) is 3.46. The molecule has 2 heterocycles. The highest BCUT2D eigenvalue weighted by atomic mass is 35.5. The van der Waals surface area contributed by atoms with Crippen LogP contribution in [0.1, 0.15) is 5.56 Å². The lowest BCUT2D eigenvalue weighted by Gasteiger charge is -2.13. The topological polar surface area (TPSA) is 108 Å². The van der Waals surface area contributed by atoms with Gasteiger partial charge in [0.15, 0.2) is 11.2 Å². The molecule has 0 unspecified atom stereocenters. The highest BCUT2D eigenvalue weighted by molar-refractivity contribution is 6.33. The van der Waals surface area contributed by atoms with Crippen LogP contribution >= 0.6 is 11.6 Å². The number of hydrogen-bond acceptors (Lipinski definition) is 6. The first-order valence-corrected chi connectivity index (χ1v) is 10.1. The Hall–Kier alpha value is -4.05. The second-order valence-corrected chi connectivity index (χ2v) is 7.42. The predicted octanol–water partition coefficient (Wildman–Crippen LogP) is 2.44. The van der Waals surface area contributed by atoms with Crippen molar-refractivity contribution in [2.24, 2.45) is 0 Å². The van der Waals surface area contributed by atoms with E-state index in [0.717, 1.165) is 21.3 Å². The Bertz CT molecular complexity index is 1470. The molecule has 0 radical (unpaired) electrons. The monoisotopic (exact) mass is 469 g/mol. The summed E-state index contributed by atoms with van der Waals surface area (Å²) in [4.78, 5) is 47.0. The highest BCUT2D eigenvalue weighted by Crippen LogP contribution is 2.22. The number of nitrogens with zero attached hydrogens (tertiary/aromatic N) is 4. The number of anilines is 1. The number of halogens is 2. The summed E-state index contributed by atoms with van der Waals surface area (Å²) >= 11 is 5.96. The van der Waals surface area contributed by atoms with E-state index >= 15 is 0 Å². The van der Waals surface area contributed by atoms with Gasteiger partial charge in [-0.05, 0) is 35.9 Å². The van der Waals surface area contributed by atoms with E-state index in [0.29, 0.717) is 11.3 Å². The Kier molecular flexibility index (Phi) is 6.18. The van der Waals surface area contributed by atoms with E-state index in [4.69, 9.17) is 16.3 Å². The van der Waals surface area contributed by atoms with Crippen LogP contribution in [0.25, 0.3) is 11.2 Å². The minimum atomic E-state index is -0.732. The number of carbonyl (C=O) groups is 1. The fraction of sp³-hybridized carbons (Fsp3) is 0.136. The summed E-state index contributed by atoms with van der Waals surface area (Å²) in [7, 11) is 1.53. The largest absolute Gasteiger partial charge is 0.497 e. The molecule has 0 spiro atoms. The molecule has 9 nitrogen and oxygen atoms in total. The van der Waals surface area contributed by atoms with E-state index < -0.39 is 29.5 Å². The van der Waals surface area contributed by atoms with E-state index in [-0.39, 0.29) is 28.4 Å². The Morgan fingerprint density at radius 3 is 2.52 bits per heavy atom. The molecule has 0 fully saturated rings. The van der Waals surface area contributed by atoms with Crippen molar-refractivity contribution in [3.05, 3.63) is 92.1 Å². The third kappa shape index (κ3) is 4.60. The number of nitrogens with one attached hydrogen (secondary N) is 1. The smallest absolute Gasteiger partial charge is 0.333 e. The van der Waals surface area contributed by atoms with E-state index in [1.807, 2.05) is 0 Å². The molecule has 0 bridgehead atoms. The van der Waals surface area contributed by atoms with Crippen molar-refractivity contribution in [2.75, 3.05) is 12.4 Å². The first-order chi connectivity index (χ1) is 15.9. The SMILES string of the molecule is COc1ccc(Cn2c(=O)c3nccnc3n(CC(=O)Nc3ccc(F)cc3Cl)c2=O)cc1. The van der Waals surface area contributed by atoms with Gasteiger partial charge in [-0.25, -0.2) is 19.2 Å². The van der Waals surface area contributed by atoms with E-state index in [1.165, 1.54) is 25.6 Å². The standard InChI is InChI=1S/C22H17ClFN5O4/c1-33-15-5-2-13(3-6-15)11-29-21(31)19-20(26-9-8-25-19)28(22(29)32)12-18(30)27-17-7-4-14(24)10-16(17)23/h2-10H,11-12H2,1H3,(H,27,30). The molecule has 0 aliphatic carbocycles. The van der Waals surface area contributed by atoms with Gasteiger partial charge in [-0.3, -0.25) is 18.7 Å². The average Bonchev–Trinajstić information content (AvgIpc) is 2.81. The zero-order chi connectivity index (χ0) is 23.5. The zero-order valence-corrected chi connectivity index (χ0v) is 18.0. The number of ether oxygens (including phenoxy) is 1. The van der Waals surface area contributed by atoms with Crippen LogP contribution in [0.3, 0.4) is 0 Å². The van der Waals surface area contributed by atoms with Gasteiger partial charge in [0.1, 0.15) is 18.1 Å². The van der Waals surface area contributed by atoms with Crippen molar-refractivity contribution in [3.8, 4) is 5.75 Å². The van der Waals surface area contributed by atoms with Gasteiger partial charge in [-0.2, -0.15) is 0 Å². The number of amides is 1. The van der Waals surface area contributed by atoms with Crippen LogP contribution in [-0.2, 0) is 17.9 Å². The van der Waals surface area contributed by atoms with Crippen molar-refractivity contribution in [3.63, 3.8) is 0 Å². The van der Waals surface area contributed by atoms with Crippen molar-refractivity contribution < 1.29 is 13.9 Å². The number of hydrogen-bond donors (Lipinski definition) is 1. The van der Waals surface area contributed by atoms with Crippen LogP contribution < -0.4 is 21.3 Å². The third-order valence-electron chi connectivity index (χ3n) is 4.85. The first-order valence-electron chi connectivity index (χ1n) is 9.69. The molecule has 0 aliphatic heterocycles. The lowest BCUT2D eigenvalue weighted by atomic mass is 10.2. The fourth-order valence-electron chi connectivity index (χ4n) is 3.25. The molecule has 4 aromatic rings. The van der Waals surface area contributed by atoms with Crippen molar-refractivity contribution in [1.82, 2.24) is 19.1 Å². The van der Waals surface area contributed by atoms with Crippen LogP contribution in [0.2, 0.25) is 5.02 Å². The quantitative estimate of drug-likeness (QED) is 0.464. The molecule has 0 atom stereocenters. The lowest BCUT2D eigenvalue weighted by Crippen LogP contribution is -2.42. The zero-order valence-electron chi connectivity index (χ0n) is 17.3. The highest BCUT2D eigenvalue weighted by Gasteiger charge is 2.18. The summed E-state index contributed by atoms with van der Waals surface area (Å²) in [5.74, 6) is -0.544. The second-order valence-electron chi connectivity index (χ2n) is 7.01. The van der Waals surface area contributed by atoms with Crippen LogP contribution in [-0.4, -0.2) is 32.1 Å². The third-order valence-corrected chi connectivity index (χ3v) is 5.16. The first kappa shape index (κ1) is 22.2. The average molecular weight is 470 g/mol. The number of fused-ring (bicyclic) bond motifs is 1. The molecule has 2 aromatic carbocycles. The normalized spacial score (nSPS) is 10.9. The molecule has 168 valence electrons. The molecular weight excluding hydrogens is 453 g/mol. The Labute approximate surface area is 191 Å². The number of methoxy groups -OCH3 is 1. The van der Waals surface area contributed by atoms with Crippen LogP contribution in [0.5, 0.6) is 5.75 Å². The van der Waals surface area contributed by atoms with Gasteiger partial charge < -0.3 is 10.1 Å². The van der Waals surface area contributed by atoms with Gasteiger partial charge in [0.05, 0.1) is 24.4 Å². The summed E-state index contributed by atoms with van der Waals surface area (Å²) in [6.07, 6.45) is 2.65. The molecule has 4 rings (SSSR count). The van der Waals surface area contributed by atoms with Crippen molar-refractivity contribution >= 4 is 34.4 Å². The maximum absolute atomic E-state index is 13.3. The molecular formula is C22H17ClFN5O4.